The van der Waals surface area contributed by atoms with Crippen molar-refractivity contribution >= 4 is 10.8 Å². The van der Waals surface area contributed by atoms with Crippen LogP contribution in [0, 0.1) is 0 Å². The van der Waals surface area contributed by atoms with Crippen LogP contribution in [0.1, 0.15) is 18.1 Å². The van der Waals surface area contributed by atoms with Gasteiger partial charge in [-0.15, -0.1) is 0 Å². The van der Waals surface area contributed by atoms with Crippen LogP contribution >= 0.6 is 0 Å². The molecule has 0 N–H and O–H groups in total. The summed E-state index contributed by atoms with van der Waals surface area (Å²) in [6, 6.07) is 21.6. The quantitative estimate of drug-likeness (QED) is 0.590. The standard InChI is InChI=1S/C25H30N2O2/c1-3-29-25-17-20(11-12-24(25)28-2)18-26-13-15-27(16-14-26)19-22-9-6-8-21-7-4-5-10-23(21)22/h4-12,17H,3,13-16,18-19H2,1-2H3. The van der Waals surface area contributed by atoms with Gasteiger partial charge in [0.15, 0.2) is 11.5 Å². The number of ether oxygens (including phenoxy) is 2. The summed E-state index contributed by atoms with van der Waals surface area (Å²) in [5.74, 6) is 1.64. The van der Waals surface area contributed by atoms with E-state index in [0.717, 1.165) is 50.8 Å². The lowest BCUT2D eigenvalue weighted by Crippen LogP contribution is -2.45. The van der Waals surface area contributed by atoms with Crippen LogP contribution in [-0.4, -0.2) is 49.7 Å². The van der Waals surface area contributed by atoms with Crippen molar-refractivity contribution in [1.82, 2.24) is 9.80 Å². The molecule has 1 aliphatic heterocycles. The lowest BCUT2D eigenvalue weighted by atomic mass is 10.0. The fourth-order valence-corrected chi connectivity index (χ4v) is 4.12. The number of hydrogen-bond donors (Lipinski definition) is 0. The van der Waals surface area contributed by atoms with Gasteiger partial charge >= 0.3 is 0 Å². The number of hydrogen-bond acceptors (Lipinski definition) is 4. The molecule has 152 valence electrons. The molecular weight excluding hydrogens is 360 g/mol. The molecular formula is C25H30N2O2. The minimum Gasteiger partial charge on any atom is -0.493 e. The molecule has 0 saturated carbocycles. The maximum Gasteiger partial charge on any atom is 0.161 e. The molecule has 3 aromatic rings. The van der Waals surface area contributed by atoms with Crippen LogP contribution in [0.4, 0.5) is 0 Å². The fourth-order valence-electron chi connectivity index (χ4n) is 4.12. The highest BCUT2D eigenvalue weighted by Crippen LogP contribution is 2.29. The topological polar surface area (TPSA) is 24.9 Å². The Balaban J connectivity index is 1.35. The highest BCUT2D eigenvalue weighted by atomic mass is 16.5. The molecule has 4 rings (SSSR count). The minimum absolute atomic E-state index is 0.645. The predicted molar refractivity (Wildman–Crippen MR) is 119 cm³/mol. The van der Waals surface area contributed by atoms with Crippen molar-refractivity contribution in [3.8, 4) is 11.5 Å². The zero-order valence-corrected chi connectivity index (χ0v) is 17.4. The van der Waals surface area contributed by atoms with Crippen LogP contribution in [0.2, 0.25) is 0 Å². The van der Waals surface area contributed by atoms with Crippen LogP contribution in [0.25, 0.3) is 10.8 Å². The molecule has 1 saturated heterocycles. The molecule has 1 aliphatic rings. The maximum atomic E-state index is 5.72. The van der Waals surface area contributed by atoms with Gasteiger partial charge < -0.3 is 9.47 Å². The van der Waals surface area contributed by atoms with E-state index in [2.05, 4.69) is 64.4 Å². The Labute approximate surface area is 173 Å². The third kappa shape index (κ3) is 4.72. The second-order valence-corrected chi connectivity index (χ2v) is 7.61. The second kappa shape index (κ2) is 9.29. The van der Waals surface area contributed by atoms with Gasteiger partial charge in [0, 0.05) is 39.3 Å². The fraction of sp³-hybridized carbons (Fsp3) is 0.360. The smallest absolute Gasteiger partial charge is 0.161 e. The third-order valence-corrected chi connectivity index (χ3v) is 5.67. The normalized spacial score (nSPS) is 15.5. The molecule has 0 atom stereocenters. The van der Waals surface area contributed by atoms with Crippen molar-refractivity contribution in [3.63, 3.8) is 0 Å². The van der Waals surface area contributed by atoms with Crippen molar-refractivity contribution in [3.05, 3.63) is 71.8 Å². The molecule has 0 aromatic heterocycles. The van der Waals surface area contributed by atoms with E-state index in [0.29, 0.717) is 6.61 Å². The molecule has 0 amide bonds. The van der Waals surface area contributed by atoms with E-state index in [1.807, 2.05) is 13.0 Å². The largest absolute Gasteiger partial charge is 0.493 e. The van der Waals surface area contributed by atoms with Gasteiger partial charge in [0.05, 0.1) is 13.7 Å². The Hall–Kier alpha value is -2.56. The first-order valence-corrected chi connectivity index (χ1v) is 10.5. The molecule has 0 bridgehead atoms. The Morgan fingerprint density at radius 3 is 2.28 bits per heavy atom. The van der Waals surface area contributed by atoms with E-state index in [9.17, 15) is 0 Å². The van der Waals surface area contributed by atoms with E-state index in [-0.39, 0.29) is 0 Å². The SMILES string of the molecule is CCOc1cc(CN2CCN(Cc3cccc4ccccc34)CC2)ccc1OC. The molecule has 0 spiro atoms. The first kappa shape index (κ1) is 19.7. The monoisotopic (exact) mass is 390 g/mol. The summed E-state index contributed by atoms with van der Waals surface area (Å²) in [6.45, 7) is 8.98. The van der Waals surface area contributed by atoms with Gasteiger partial charge in [0.25, 0.3) is 0 Å². The van der Waals surface area contributed by atoms with E-state index in [4.69, 9.17) is 9.47 Å². The summed E-state index contributed by atoms with van der Waals surface area (Å²) in [5, 5.41) is 2.70. The Morgan fingerprint density at radius 1 is 0.793 bits per heavy atom. The van der Waals surface area contributed by atoms with Crippen molar-refractivity contribution in [2.45, 2.75) is 20.0 Å². The van der Waals surface area contributed by atoms with Crippen molar-refractivity contribution in [1.29, 1.82) is 0 Å². The van der Waals surface area contributed by atoms with Crippen molar-refractivity contribution in [2.24, 2.45) is 0 Å². The summed E-state index contributed by atoms with van der Waals surface area (Å²) < 4.78 is 11.1. The van der Waals surface area contributed by atoms with Gasteiger partial charge in [-0.3, -0.25) is 9.80 Å². The van der Waals surface area contributed by atoms with E-state index >= 15 is 0 Å². The molecule has 3 aromatic carbocycles. The first-order valence-electron chi connectivity index (χ1n) is 10.5. The van der Waals surface area contributed by atoms with Crippen LogP contribution < -0.4 is 9.47 Å². The summed E-state index contributed by atoms with van der Waals surface area (Å²) in [7, 11) is 1.69. The van der Waals surface area contributed by atoms with Gasteiger partial charge in [-0.25, -0.2) is 0 Å². The van der Waals surface area contributed by atoms with Gasteiger partial charge in [0.1, 0.15) is 0 Å². The average molecular weight is 391 g/mol. The molecule has 0 unspecified atom stereocenters. The van der Waals surface area contributed by atoms with Crippen LogP contribution in [0.15, 0.2) is 60.7 Å². The number of rotatable bonds is 7. The molecule has 0 aliphatic carbocycles. The van der Waals surface area contributed by atoms with Gasteiger partial charge in [-0.1, -0.05) is 48.5 Å². The van der Waals surface area contributed by atoms with E-state index < -0.39 is 0 Å². The van der Waals surface area contributed by atoms with Gasteiger partial charge in [-0.2, -0.15) is 0 Å². The zero-order chi connectivity index (χ0) is 20.1. The molecule has 1 fully saturated rings. The van der Waals surface area contributed by atoms with Crippen LogP contribution in [0.5, 0.6) is 11.5 Å². The lowest BCUT2D eigenvalue weighted by Gasteiger charge is -2.35. The second-order valence-electron chi connectivity index (χ2n) is 7.61. The minimum atomic E-state index is 0.645. The van der Waals surface area contributed by atoms with E-state index in [1.165, 1.54) is 21.9 Å². The number of methoxy groups -OCH3 is 1. The number of benzene rings is 3. The predicted octanol–water partition coefficient (Wildman–Crippen LogP) is 4.56. The Bertz CT molecular complexity index is 943. The third-order valence-electron chi connectivity index (χ3n) is 5.67. The summed E-state index contributed by atoms with van der Waals surface area (Å²) in [4.78, 5) is 5.09. The highest BCUT2D eigenvalue weighted by molar-refractivity contribution is 5.85. The molecule has 4 nitrogen and oxygen atoms in total. The number of nitrogens with zero attached hydrogens (tertiary/aromatic N) is 2. The molecule has 29 heavy (non-hydrogen) atoms. The average Bonchev–Trinajstić information content (AvgIpc) is 2.76. The summed E-state index contributed by atoms with van der Waals surface area (Å²) in [5.41, 5.74) is 2.70. The Morgan fingerprint density at radius 2 is 1.52 bits per heavy atom. The molecule has 1 heterocycles. The van der Waals surface area contributed by atoms with Gasteiger partial charge in [-0.05, 0) is 41.0 Å². The molecule has 4 heteroatoms. The zero-order valence-electron chi connectivity index (χ0n) is 17.4. The summed E-state index contributed by atoms with van der Waals surface area (Å²) in [6.07, 6.45) is 0. The van der Waals surface area contributed by atoms with Crippen molar-refractivity contribution < 1.29 is 9.47 Å². The van der Waals surface area contributed by atoms with E-state index in [1.54, 1.807) is 7.11 Å². The molecule has 0 radical (unpaired) electrons. The van der Waals surface area contributed by atoms with Crippen LogP contribution in [0.3, 0.4) is 0 Å². The highest BCUT2D eigenvalue weighted by Gasteiger charge is 2.18. The van der Waals surface area contributed by atoms with Crippen LogP contribution in [-0.2, 0) is 13.1 Å². The lowest BCUT2D eigenvalue weighted by molar-refractivity contribution is 0.122. The van der Waals surface area contributed by atoms with Crippen molar-refractivity contribution in [2.75, 3.05) is 39.9 Å². The first-order chi connectivity index (χ1) is 14.3. The number of piperazine rings is 1. The Kier molecular flexibility index (Phi) is 6.33. The summed E-state index contributed by atoms with van der Waals surface area (Å²) >= 11 is 0. The number of fused-ring (bicyclic) bond motifs is 1. The maximum absolute atomic E-state index is 5.72. The van der Waals surface area contributed by atoms with Gasteiger partial charge in [0.2, 0.25) is 0 Å².